The zero-order valence-electron chi connectivity index (χ0n) is 15.7. The lowest BCUT2D eigenvalue weighted by molar-refractivity contribution is -0.137. The minimum Gasteiger partial charge on any atom is -0.320 e. The van der Waals surface area contributed by atoms with Gasteiger partial charge < -0.3 is 10.2 Å². The molecule has 0 aromatic heterocycles. The Bertz CT molecular complexity index is 928. The molecule has 0 radical (unpaired) electrons. The van der Waals surface area contributed by atoms with Gasteiger partial charge >= 0.3 is 12.2 Å². The number of hydrogen-bond donors (Lipinski definition) is 1. The van der Waals surface area contributed by atoms with Crippen molar-refractivity contribution in [1.29, 1.82) is 0 Å². The number of carbonyl (C=O) groups excluding carboxylic acids is 1. The third-order valence-corrected chi connectivity index (χ3v) is 4.46. The molecule has 0 aliphatic carbocycles. The summed E-state index contributed by atoms with van der Waals surface area (Å²) in [4.78, 5) is 14.4. The fraction of sp³-hybridized carbons (Fsp3) is 0.174. The normalized spacial score (nSPS) is 11.1. The maximum Gasteiger partial charge on any atom is 0.416 e. The first-order valence-electron chi connectivity index (χ1n) is 9.23. The van der Waals surface area contributed by atoms with Crippen LogP contribution in [-0.2, 0) is 19.1 Å². The quantitative estimate of drug-likeness (QED) is 0.544. The van der Waals surface area contributed by atoms with Crippen molar-refractivity contribution in [3.63, 3.8) is 0 Å². The first-order chi connectivity index (χ1) is 13.9. The number of benzene rings is 3. The highest BCUT2D eigenvalue weighted by atomic mass is 19.4. The average molecular weight is 398 g/mol. The predicted octanol–water partition coefficient (Wildman–Crippen LogP) is 5.98. The van der Waals surface area contributed by atoms with Crippen molar-refractivity contribution in [2.45, 2.75) is 19.1 Å². The maximum absolute atomic E-state index is 12.9. The van der Waals surface area contributed by atoms with E-state index in [1.54, 1.807) is 4.90 Å². The molecule has 1 N–H and O–H groups in total. The Balaban J connectivity index is 1.74. The highest BCUT2D eigenvalue weighted by Crippen LogP contribution is 2.30. The van der Waals surface area contributed by atoms with Crippen LogP contribution in [0.5, 0.6) is 0 Å². The van der Waals surface area contributed by atoms with Crippen LogP contribution in [0.4, 0.5) is 23.7 Å². The Labute approximate surface area is 167 Å². The number of carbonyl (C=O) groups is 1. The Morgan fingerprint density at radius 3 is 2.07 bits per heavy atom. The summed E-state index contributed by atoms with van der Waals surface area (Å²) in [6.07, 6.45) is -3.82. The molecule has 0 saturated heterocycles. The topological polar surface area (TPSA) is 32.3 Å². The molecule has 0 fully saturated rings. The lowest BCUT2D eigenvalue weighted by Crippen LogP contribution is -2.36. The Kier molecular flexibility index (Phi) is 6.54. The molecule has 6 heteroatoms. The summed E-state index contributed by atoms with van der Waals surface area (Å²) in [5.74, 6) is 0. The van der Waals surface area contributed by atoms with Gasteiger partial charge in [0.05, 0.1) is 5.56 Å². The van der Waals surface area contributed by atoms with Gasteiger partial charge in [0.15, 0.2) is 0 Å². The molecule has 150 valence electrons. The maximum atomic E-state index is 12.9. The van der Waals surface area contributed by atoms with Gasteiger partial charge in [-0.3, -0.25) is 0 Å². The van der Waals surface area contributed by atoms with Crippen LogP contribution in [0.3, 0.4) is 0 Å². The zero-order chi connectivity index (χ0) is 20.7. The van der Waals surface area contributed by atoms with Gasteiger partial charge in [-0.05, 0) is 35.7 Å². The number of halogens is 3. The lowest BCUT2D eigenvalue weighted by Gasteiger charge is -2.24. The van der Waals surface area contributed by atoms with Crippen LogP contribution in [0.2, 0.25) is 0 Å². The standard InChI is InChI=1S/C23H21F3N2O/c24-23(25,26)20-12-7-13-21(16-20)27-22(29)28(17-19-10-5-2-6-11-19)15-14-18-8-3-1-4-9-18/h1-13,16H,14-15,17H2,(H,27,29). The van der Waals surface area contributed by atoms with Gasteiger partial charge in [-0.25, -0.2) is 4.79 Å². The van der Waals surface area contributed by atoms with Crippen molar-refractivity contribution in [3.05, 3.63) is 102 Å². The summed E-state index contributed by atoms with van der Waals surface area (Å²) < 4.78 is 38.8. The van der Waals surface area contributed by atoms with E-state index in [9.17, 15) is 18.0 Å². The van der Waals surface area contributed by atoms with Crippen LogP contribution in [-0.4, -0.2) is 17.5 Å². The second-order valence-corrected chi connectivity index (χ2v) is 6.65. The van der Waals surface area contributed by atoms with Crippen LogP contribution < -0.4 is 5.32 Å². The summed E-state index contributed by atoms with van der Waals surface area (Å²) in [7, 11) is 0. The van der Waals surface area contributed by atoms with Gasteiger partial charge in [0.1, 0.15) is 0 Å². The molecule has 0 aliphatic heterocycles. The first kappa shape index (κ1) is 20.5. The van der Waals surface area contributed by atoms with E-state index >= 15 is 0 Å². The predicted molar refractivity (Wildman–Crippen MR) is 107 cm³/mol. The van der Waals surface area contributed by atoms with Gasteiger partial charge in [-0.1, -0.05) is 66.7 Å². The number of anilines is 1. The Morgan fingerprint density at radius 1 is 0.828 bits per heavy atom. The smallest absolute Gasteiger partial charge is 0.320 e. The molecule has 0 bridgehead atoms. The molecule has 3 nitrogen and oxygen atoms in total. The number of nitrogens with one attached hydrogen (secondary N) is 1. The molecule has 2 amide bonds. The molecule has 0 unspecified atom stereocenters. The van der Waals surface area contributed by atoms with E-state index in [0.29, 0.717) is 19.5 Å². The van der Waals surface area contributed by atoms with Crippen molar-refractivity contribution in [3.8, 4) is 0 Å². The molecule has 29 heavy (non-hydrogen) atoms. The fourth-order valence-electron chi connectivity index (χ4n) is 2.94. The van der Waals surface area contributed by atoms with Crippen molar-refractivity contribution in [2.24, 2.45) is 0 Å². The van der Waals surface area contributed by atoms with E-state index in [1.807, 2.05) is 60.7 Å². The number of alkyl halides is 3. The molecule has 0 saturated carbocycles. The van der Waals surface area contributed by atoms with E-state index in [4.69, 9.17) is 0 Å². The molecular formula is C23H21F3N2O. The van der Waals surface area contributed by atoms with E-state index in [2.05, 4.69) is 5.32 Å². The zero-order valence-corrected chi connectivity index (χ0v) is 15.7. The Hall–Kier alpha value is -3.28. The van der Waals surface area contributed by atoms with Crippen molar-refractivity contribution in [2.75, 3.05) is 11.9 Å². The summed E-state index contributed by atoms with van der Waals surface area (Å²) in [5.41, 5.74) is 1.34. The molecule has 3 aromatic rings. The molecule has 0 spiro atoms. The van der Waals surface area contributed by atoms with Gasteiger partial charge in [-0.2, -0.15) is 13.2 Å². The number of amides is 2. The fourth-order valence-corrected chi connectivity index (χ4v) is 2.94. The minimum atomic E-state index is -4.46. The average Bonchev–Trinajstić information content (AvgIpc) is 2.72. The highest BCUT2D eigenvalue weighted by molar-refractivity contribution is 5.89. The summed E-state index contributed by atoms with van der Waals surface area (Å²) in [6.45, 7) is 0.794. The number of rotatable bonds is 6. The van der Waals surface area contributed by atoms with Crippen LogP contribution in [0.1, 0.15) is 16.7 Å². The van der Waals surface area contributed by atoms with Crippen molar-refractivity contribution in [1.82, 2.24) is 4.90 Å². The number of nitrogens with zero attached hydrogens (tertiary/aromatic N) is 1. The monoisotopic (exact) mass is 398 g/mol. The van der Waals surface area contributed by atoms with E-state index in [-0.39, 0.29) is 5.69 Å². The highest BCUT2D eigenvalue weighted by Gasteiger charge is 2.30. The van der Waals surface area contributed by atoms with Crippen LogP contribution in [0.25, 0.3) is 0 Å². The SMILES string of the molecule is O=C(Nc1cccc(C(F)(F)F)c1)N(CCc1ccccc1)Cc1ccccc1. The molecule has 0 aliphatic rings. The Morgan fingerprint density at radius 2 is 1.45 bits per heavy atom. The van der Waals surface area contributed by atoms with Crippen LogP contribution in [0.15, 0.2) is 84.9 Å². The minimum absolute atomic E-state index is 0.114. The van der Waals surface area contributed by atoms with Gasteiger partial charge in [0.2, 0.25) is 0 Å². The van der Waals surface area contributed by atoms with E-state index < -0.39 is 17.8 Å². The molecular weight excluding hydrogens is 377 g/mol. The second-order valence-electron chi connectivity index (χ2n) is 6.65. The van der Waals surface area contributed by atoms with Crippen LogP contribution in [0, 0.1) is 0 Å². The van der Waals surface area contributed by atoms with Gasteiger partial charge in [-0.15, -0.1) is 0 Å². The largest absolute Gasteiger partial charge is 0.416 e. The summed E-state index contributed by atoms with van der Waals surface area (Å²) in [6, 6.07) is 23.4. The summed E-state index contributed by atoms with van der Waals surface area (Å²) >= 11 is 0. The second kappa shape index (κ2) is 9.28. The number of urea groups is 1. The van der Waals surface area contributed by atoms with E-state index in [0.717, 1.165) is 23.3 Å². The lowest BCUT2D eigenvalue weighted by atomic mass is 10.1. The van der Waals surface area contributed by atoms with Crippen LogP contribution >= 0.6 is 0 Å². The summed E-state index contributed by atoms with van der Waals surface area (Å²) in [5, 5.41) is 2.60. The third kappa shape index (κ3) is 6.10. The molecule has 3 rings (SSSR count). The van der Waals surface area contributed by atoms with E-state index in [1.165, 1.54) is 12.1 Å². The number of hydrogen-bond acceptors (Lipinski definition) is 1. The molecule has 3 aromatic carbocycles. The third-order valence-electron chi connectivity index (χ3n) is 4.46. The van der Waals surface area contributed by atoms with Crippen molar-refractivity contribution >= 4 is 11.7 Å². The molecule has 0 heterocycles. The van der Waals surface area contributed by atoms with Crippen molar-refractivity contribution < 1.29 is 18.0 Å². The van der Waals surface area contributed by atoms with Gasteiger partial charge in [0.25, 0.3) is 0 Å². The van der Waals surface area contributed by atoms with Gasteiger partial charge in [0, 0.05) is 18.8 Å². The first-order valence-corrected chi connectivity index (χ1v) is 9.23. The molecule has 0 atom stereocenters.